The molecular weight excluding hydrogens is 317 g/mol. The molecule has 110 valence electrons. The Bertz CT molecular complexity index is 520. The predicted octanol–water partition coefficient (Wildman–Crippen LogP) is 2.56. The normalized spacial score (nSPS) is 10.3. The van der Waals surface area contributed by atoms with Crippen LogP contribution >= 0.6 is 35.8 Å². The van der Waals surface area contributed by atoms with Gasteiger partial charge in [-0.05, 0) is 41.1 Å². The van der Waals surface area contributed by atoms with Crippen LogP contribution in [0, 0.1) is 0 Å². The molecule has 2 rings (SSSR count). The van der Waals surface area contributed by atoms with Gasteiger partial charge in [0.2, 0.25) is 5.16 Å². The van der Waals surface area contributed by atoms with Crippen LogP contribution in [0.4, 0.5) is 0 Å². The third-order valence-corrected chi connectivity index (χ3v) is 3.86. The second kappa shape index (κ2) is 9.18. The fourth-order valence-corrected chi connectivity index (χ4v) is 2.59. The summed E-state index contributed by atoms with van der Waals surface area (Å²) in [6.07, 6.45) is 1.07. The summed E-state index contributed by atoms with van der Waals surface area (Å²) in [6.45, 7) is 1.81. The molecule has 20 heavy (non-hydrogen) atoms. The minimum Gasteiger partial charge on any atom is -0.313 e. The number of nitrogens with one attached hydrogen (secondary N) is 1. The predicted molar refractivity (Wildman–Crippen MR) is 84.5 cm³/mol. The SMILES string of the molecule is Cl.Cn1nnnc1SCCCNCc1cccc(Cl)c1. The van der Waals surface area contributed by atoms with Gasteiger partial charge >= 0.3 is 0 Å². The van der Waals surface area contributed by atoms with Gasteiger partial charge in [-0.2, -0.15) is 0 Å². The van der Waals surface area contributed by atoms with E-state index in [1.807, 2.05) is 25.2 Å². The molecule has 0 amide bonds. The van der Waals surface area contributed by atoms with Gasteiger partial charge in [-0.25, -0.2) is 4.68 Å². The van der Waals surface area contributed by atoms with Crippen molar-refractivity contribution in [3.63, 3.8) is 0 Å². The van der Waals surface area contributed by atoms with Crippen molar-refractivity contribution in [3.8, 4) is 0 Å². The largest absolute Gasteiger partial charge is 0.313 e. The molecule has 0 bridgehead atoms. The average molecular weight is 334 g/mol. The Morgan fingerprint density at radius 3 is 2.95 bits per heavy atom. The van der Waals surface area contributed by atoms with Crippen LogP contribution in [-0.4, -0.2) is 32.5 Å². The lowest BCUT2D eigenvalue weighted by atomic mass is 10.2. The Balaban J connectivity index is 0.00000200. The molecule has 0 aliphatic heterocycles. The van der Waals surface area contributed by atoms with E-state index in [9.17, 15) is 0 Å². The minimum atomic E-state index is 0. The van der Waals surface area contributed by atoms with Gasteiger partial charge in [0.15, 0.2) is 0 Å². The Morgan fingerprint density at radius 1 is 1.40 bits per heavy atom. The molecule has 8 heteroatoms. The standard InChI is InChI=1S/C12H16ClN5S.ClH/c1-18-12(15-16-17-18)19-7-3-6-14-9-10-4-2-5-11(13)8-10;/h2,4-5,8,14H,3,6-7,9H2,1H3;1H. The van der Waals surface area contributed by atoms with Crippen LogP contribution in [0.3, 0.4) is 0 Å². The van der Waals surface area contributed by atoms with E-state index in [1.165, 1.54) is 5.56 Å². The molecule has 1 N–H and O–H groups in total. The lowest BCUT2D eigenvalue weighted by Crippen LogP contribution is -2.15. The van der Waals surface area contributed by atoms with Crippen molar-refractivity contribution in [2.45, 2.75) is 18.1 Å². The van der Waals surface area contributed by atoms with Gasteiger partial charge in [-0.15, -0.1) is 17.5 Å². The second-order valence-corrected chi connectivity index (χ2v) is 5.59. The summed E-state index contributed by atoms with van der Waals surface area (Å²) in [5, 5.41) is 16.3. The molecule has 1 aromatic carbocycles. The van der Waals surface area contributed by atoms with Crippen molar-refractivity contribution in [2.75, 3.05) is 12.3 Å². The number of aromatic nitrogens is 4. The van der Waals surface area contributed by atoms with Gasteiger partial charge in [0.05, 0.1) is 0 Å². The molecule has 0 atom stereocenters. The van der Waals surface area contributed by atoms with Crippen LogP contribution in [0.15, 0.2) is 29.4 Å². The number of aryl methyl sites for hydroxylation is 1. The van der Waals surface area contributed by atoms with Gasteiger partial charge in [0.1, 0.15) is 0 Å². The molecule has 0 aliphatic carbocycles. The monoisotopic (exact) mass is 333 g/mol. The molecule has 2 aromatic rings. The highest BCUT2D eigenvalue weighted by Gasteiger charge is 2.01. The summed E-state index contributed by atoms with van der Waals surface area (Å²) < 4.78 is 1.68. The van der Waals surface area contributed by atoms with E-state index < -0.39 is 0 Å². The van der Waals surface area contributed by atoms with E-state index in [0.717, 1.165) is 35.4 Å². The molecule has 0 aliphatic rings. The molecule has 1 aromatic heterocycles. The van der Waals surface area contributed by atoms with Crippen LogP contribution < -0.4 is 5.32 Å². The van der Waals surface area contributed by atoms with Gasteiger partial charge in [-0.3, -0.25) is 0 Å². The zero-order valence-corrected chi connectivity index (χ0v) is 13.5. The number of thioether (sulfide) groups is 1. The summed E-state index contributed by atoms with van der Waals surface area (Å²) in [5.41, 5.74) is 1.21. The van der Waals surface area contributed by atoms with E-state index in [-0.39, 0.29) is 12.4 Å². The fraction of sp³-hybridized carbons (Fsp3) is 0.417. The topological polar surface area (TPSA) is 55.6 Å². The Morgan fingerprint density at radius 2 is 2.25 bits per heavy atom. The molecule has 0 fully saturated rings. The van der Waals surface area contributed by atoms with Crippen LogP contribution in [0.5, 0.6) is 0 Å². The maximum Gasteiger partial charge on any atom is 0.209 e. The highest BCUT2D eigenvalue weighted by Crippen LogP contribution is 2.13. The van der Waals surface area contributed by atoms with E-state index >= 15 is 0 Å². The molecule has 0 saturated carbocycles. The van der Waals surface area contributed by atoms with Crippen LogP contribution in [0.1, 0.15) is 12.0 Å². The first-order valence-electron chi connectivity index (χ1n) is 6.06. The summed E-state index contributed by atoms with van der Waals surface area (Å²) >= 11 is 7.60. The molecule has 0 saturated heterocycles. The first-order valence-corrected chi connectivity index (χ1v) is 7.42. The van der Waals surface area contributed by atoms with Gasteiger partial charge < -0.3 is 5.32 Å². The molecule has 0 spiro atoms. The maximum absolute atomic E-state index is 5.93. The number of halogens is 2. The van der Waals surface area contributed by atoms with E-state index in [2.05, 4.69) is 26.9 Å². The zero-order valence-electron chi connectivity index (χ0n) is 11.1. The van der Waals surface area contributed by atoms with Crippen molar-refractivity contribution in [2.24, 2.45) is 7.05 Å². The van der Waals surface area contributed by atoms with Gasteiger partial charge in [0, 0.05) is 24.4 Å². The average Bonchev–Trinajstić information content (AvgIpc) is 2.79. The molecular formula is C12H17Cl2N5S. The zero-order chi connectivity index (χ0) is 13.5. The Kier molecular flexibility index (Phi) is 7.91. The quantitative estimate of drug-likeness (QED) is 0.623. The van der Waals surface area contributed by atoms with Crippen molar-refractivity contribution in [1.82, 2.24) is 25.5 Å². The fourth-order valence-electron chi connectivity index (χ4n) is 1.58. The van der Waals surface area contributed by atoms with Crippen LogP contribution in [0.2, 0.25) is 5.02 Å². The smallest absolute Gasteiger partial charge is 0.209 e. The Hall–Kier alpha value is -0.820. The van der Waals surface area contributed by atoms with Crippen molar-refractivity contribution in [1.29, 1.82) is 0 Å². The number of tetrazole rings is 1. The van der Waals surface area contributed by atoms with Crippen molar-refractivity contribution >= 4 is 35.8 Å². The van der Waals surface area contributed by atoms with Crippen molar-refractivity contribution in [3.05, 3.63) is 34.9 Å². The van der Waals surface area contributed by atoms with Gasteiger partial charge in [0.25, 0.3) is 0 Å². The molecule has 0 unspecified atom stereocenters. The highest BCUT2D eigenvalue weighted by atomic mass is 35.5. The lowest BCUT2D eigenvalue weighted by molar-refractivity contribution is 0.661. The van der Waals surface area contributed by atoms with E-state index in [4.69, 9.17) is 11.6 Å². The summed E-state index contributed by atoms with van der Waals surface area (Å²) in [5.74, 6) is 0.997. The highest BCUT2D eigenvalue weighted by molar-refractivity contribution is 7.99. The lowest BCUT2D eigenvalue weighted by Gasteiger charge is -2.05. The van der Waals surface area contributed by atoms with E-state index in [1.54, 1.807) is 16.4 Å². The number of hydrogen-bond donors (Lipinski definition) is 1. The number of nitrogens with zero attached hydrogens (tertiary/aromatic N) is 4. The maximum atomic E-state index is 5.93. The van der Waals surface area contributed by atoms with Gasteiger partial charge in [-0.1, -0.05) is 35.5 Å². The molecule has 1 heterocycles. The van der Waals surface area contributed by atoms with Crippen LogP contribution in [-0.2, 0) is 13.6 Å². The summed E-state index contributed by atoms with van der Waals surface area (Å²) in [4.78, 5) is 0. The summed E-state index contributed by atoms with van der Waals surface area (Å²) in [6, 6.07) is 7.90. The first-order chi connectivity index (χ1) is 9.25. The first kappa shape index (κ1) is 17.2. The van der Waals surface area contributed by atoms with E-state index in [0.29, 0.717) is 0 Å². The van der Waals surface area contributed by atoms with Crippen LogP contribution in [0.25, 0.3) is 0 Å². The number of hydrogen-bond acceptors (Lipinski definition) is 5. The third kappa shape index (κ3) is 5.66. The summed E-state index contributed by atoms with van der Waals surface area (Å²) in [7, 11) is 1.85. The minimum absolute atomic E-state index is 0. The number of rotatable bonds is 7. The van der Waals surface area contributed by atoms with Crippen molar-refractivity contribution < 1.29 is 0 Å². The number of benzene rings is 1. The Labute approximate surface area is 133 Å². The third-order valence-electron chi connectivity index (χ3n) is 2.53. The molecule has 0 radical (unpaired) electrons. The molecule has 5 nitrogen and oxygen atoms in total. The second-order valence-electron chi connectivity index (χ2n) is 4.09.